The van der Waals surface area contributed by atoms with Crippen LogP contribution in [0.15, 0.2) is 12.4 Å². The van der Waals surface area contributed by atoms with E-state index < -0.39 is 18.0 Å². The number of aliphatic carboxylic acids is 1. The molecule has 1 atom stereocenters. The first-order valence-corrected chi connectivity index (χ1v) is 5.04. The van der Waals surface area contributed by atoms with Gasteiger partial charge in [0, 0.05) is 6.20 Å². The van der Waals surface area contributed by atoms with E-state index in [-0.39, 0.29) is 12.2 Å². The molecule has 1 unspecified atom stereocenters. The van der Waals surface area contributed by atoms with Crippen LogP contribution in [0, 0.1) is 0 Å². The summed E-state index contributed by atoms with van der Waals surface area (Å²) in [6, 6.07) is -0.747. The van der Waals surface area contributed by atoms with Crippen LogP contribution in [-0.2, 0) is 9.53 Å². The summed E-state index contributed by atoms with van der Waals surface area (Å²) in [6.07, 6.45) is 3.10. The molecule has 0 radical (unpaired) electrons. The van der Waals surface area contributed by atoms with Gasteiger partial charge in [0.2, 0.25) is 0 Å². The highest BCUT2D eigenvalue weighted by Crippen LogP contribution is 2.12. The lowest BCUT2D eigenvalue weighted by atomic mass is 10.2. The summed E-state index contributed by atoms with van der Waals surface area (Å²) in [5.41, 5.74) is 0.265. The van der Waals surface area contributed by atoms with Crippen molar-refractivity contribution in [2.45, 2.75) is 26.3 Å². The molecular weight excluding hydrogens is 212 g/mol. The van der Waals surface area contributed by atoms with Gasteiger partial charge in [-0.2, -0.15) is 5.10 Å². The Kier molecular flexibility index (Phi) is 4.04. The second-order valence-electron chi connectivity index (χ2n) is 3.19. The predicted octanol–water partition coefficient (Wildman–Crippen LogP) is 1.10. The van der Waals surface area contributed by atoms with Gasteiger partial charge in [0.1, 0.15) is 6.04 Å². The summed E-state index contributed by atoms with van der Waals surface area (Å²) in [7, 11) is 0. The molecule has 0 saturated heterocycles. The topological polar surface area (TPSA) is 81.4 Å². The molecule has 0 aliphatic rings. The number of hydrogen-bond donors (Lipinski definition) is 1. The largest absolute Gasteiger partial charge is 0.480 e. The highest BCUT2D eigenvalue weighted by atomic mass is 16.5. The Morgan fingerprint density at radius 3 is 2.75 bits per heavy atom. The molecule has 0 aromatic carbocycles. The number of hydrogen-bond acceptors (Lipinski definition) is 4. The van der Waals surface area contributed by atoms with Crippen LogP contribution in [0.4, 0.5) is 0 Å². The van der Waals surface area contributed by atoms with Gasteiger partial charge in [0.05, 0.1) is 18.4 Å². The number of aromatic nitrogens is 2. The minimum Gasteiger partial charge on any atom is -0.480 e. The molecule has 1 aromatic rings. The number of esters is 1. The predicted molar refractivity (Wildman–Crippen MR) is 55.1 cm³/mol. The number of carboxylic acids is 1. The van der Waals surface area contributed by atoms with Crippen LogP contribution >= 0.6 is 0 Å². The lowest BCUT2D eigenvalue weighted by Crippen LogP contribution is -2.18. The minimum atomic E-state index is -0.971. The average molecular weight is 226 g/mol. The van der Waals surface area contributed by atoms with E-state index in [4.69, 9.17) is 9.84 Å². The maximum Gasteiger partial charge on any atom is 0.341 e. The summed E-state index contributed by atoms with van der Waals surface area (Å²) in [4.78, 5) is 22.2. The minimum absolute atomic E-state index is 0.265. The van der Waals surface area contributed by atoms with Crippen LogP contribution < -0.4 is 0 Å². The fraction of sp³-hybridized carbons (Fsp3) is 0.500. The third-order valence-corrected chi connectivity index (χ3v) is 2.10. The molecule has 1 rings (SSSR count). The third kappa shape index (κ3) is 2.59. The van der Waals surface area contributed by atoms with Gasteiger partial charge in [-0.25, -0.2) is 9.59 Å². The molecule has 0 spiro atoms. The molecule has 0 saturated carbocycles. The van der Waals surface area contributed by atoms with Crippen molar-refractivity contribution >= 4 is 11.9 Å². The molecule has 0 fully saturated rings. The first kappa shape index (κ1) is 12.2. The average Bonchev–Trinajstić information content (AvgIpc) is 2.68. The maximum absolute atomic E-state index is 11.3. The Labute approximate surface area is 92.8 Å². The number of rotatable bonds is 5. The molecule has 0 aliphatic heterocycles. The zero-order valence-corrected chi connectivity index (χ0v) is 9.21. The number of carbonyl (C=O) groups excluding carboxylic acids is 1. The van der Waals surface area contributed by atoms with Crippen molar-refractivity contribution in [1.29, 1.82) is 0 Å². The Hall–Kier alpha value is -1.85. The lowest BCUT2D eigenvalue weighted by molar-refractivity contribution is -0.141. The lowest BCUT2D eigenvalue weighted by Gasteiger charge is -2.09. The zero-order valence-electron chi connectivity index (χ0n) is 9.21. The van der Waals surface area contributed by atoms with Gasteiger partial charge < -0.3 is 9.84 Å². The second-order valence-corrected chi connectivity index (χ2v) is 3.19. The summed E-state index contributed by atoms with van der Waals surface area (Å²) in [6.45, 7) is 3.72. The number of ether oxygens (including phenoxy) is 1. The standard InChI is InChI=1S/C10H14N2O4/c1-3-8(9(13)14)12-6-7(5-11-12)10(15)16-4-2/h5-6,8H,3-4H2,1-2H3,(H,13,14). The first-order valence-electron chi connectivity index (χ1n) is 5.04. The van der Waals surface area contributed by atoms with Crippen LogP contribution in [-0.4, -0.2) is 33.4 Å². The van der Waals surface area contributed by atoms with Crippen LogP contribution in [0.2, 0.25) is 0 Å². The van der Waals surface area contributed by atoms with Crippen LogP contribution in [0.25, 0.3) is 0 Å². The van der Waals surface area contributed by atoms with Gasteiger partial charge in [0.15, 0.2) is 0 Å². The Balaban J connectivity index is 2.85. The molecule has 16 heavy (non-hydrogen) atoms. The fourth-order valence-corrected chi connectivity index (χ4v) is 1.30. The van der Waals surface area contributed by atoms with E-state index in [0.29, 0.717) is 6.42 Å². The van der Waals surface area contributed by atoms with E-state index in [2.05, 4.69) is 5.10 Å². The van der Waals surface area contributed by atoms with Crippen molar-refractivity contribution in [3.63, 3.8) is 0 Å². The monoisotopic (exact) mass is 226 g/mol. The molecule has 1 aromatic heterocycles. The fourth-order valence-electron chi connectivity index (χ4n) is 1.30. The quantitative estimate of drug-likeness (QED) is 0.760. The second kappa shape index (κ2) is 5.29. The molecule has 6 heteroatoms. The molecule has 1 heterocycles. The molecule has 0 bridgehead atoms. The van der Waals surface area contributed by atoms with Crippen molar-refractivity contribution in [3.8, 4) is 0 Å². The Morgan fingerprint density at radius 2 is 2.25 bits per heavy atom. The normalized spacial score (nSPS) is 12.1. The van der Waals surface area contributed by atoms with Gasteiger partial charge >= 0.3 is 11.9 Å². The Morgan fingerprint density at radius 1 is 1.56 bits per heavy atom. The van der Waals surface area contributed by atoms with Crippen molar-refractivity contribution in [2.75, 3.05) is 6.61 Å². The van der Waals surface area contributed by atoms with E-state index in [1.807, 2.05) is 0 Å². The van der Waals surface area contributed by atoms with E-state index in [9.17, 15) is 9.59 Å². The van der Waals surface area contributed by atoms with Crippen molar-refractivity contribution < 1.29 is 19.4 Å². The molecule has 0 amide bonds. The van der Waals surface area contributed by atoms with Crippen molar-refractivity contribution in [2.24, 2.45) is 0 Å². The van der Waals surface area contributed by atoms with E-state index in [1.165, 1.54) is 17.1 Å². The highest BCUT2D eigenvalue weighted by Gasteiger charge is 2.19. The van der Waals surface area contributed by atoms with E-state index >= 15 is 0 Å². The molecule has 1 N–H and O–H groups in total. The van der Waals surface area contributed by atoms with Crippen LogP contribution in [0.1, 0.15) is 36.7 Å². The molecule has 88 valence electrons. The highest BCUT2D eigenvalue weighted by molar-refractivity contribution is 5.88. The van der Waals surface area contributed by atoms with E-state index in [0.717, 1.165) is 0 Å². The summed E-state index contributed by atoms with van der Waals surface area (Å²) in [5, 5.41) is 12.7. The van der Waals surface area contributed by atoms with Gasteiger partial charge in [-0.15, -0.1) is 0 Å². The number of nitrogens with zero attached hydrogens (tertiary/aromatic N) is 2. The van der Waals surface area contributed by atoms with E-state index in [1.54, 1.807) is 13.8 Å². The first-order chi connectivity index (χ1) is 7.60. The number of carbonyl (C=O) groups is 2. The van der Waals surface area contributed by atoms with Crippen molar-refractivity contribution in [1.82, 2.24) is 9.78 Å². The van der Waals surface area contributed by atoms with Crippen LogP contribution in [0.5, 0.6) is 0 Å². The summed E-state index contributed by atoms with van der Waals surface area (Å²) < 4.78 is 6.03. The van der Waals surface area contributed by atoms with Crippen LogP contribution in [0.3, 0.4) is 0 Å². The van der Waals surface area contributed by atoms with Gasteiger partial charge in [0.25, 0.3) is 0 Å². The number of carboxylic acid groups (broad SMARTS) is 1. The SMILES string of the molecule is CCOC(=O)c1cnn(C(CC)C(=O)O)c1. The summed E-state index contributed by atoms with van der Waals surface area (Å²) >= 11 is 0. The third-order valence-electron chi connectivity index (χ3n) is 2.10. The van der Waals surface area contributed by atoms with Crippen molar-refractivity contribution in [3.05, 3.63) is 18.0 Å². The molecular formula is C10H14N2O4. The van der Waals surface area contributed by atoms with Gasteiger partial charge in [-0.05, 0) is 13.3 Å². The van der Waals surface area contributed by atoms with Gasteiger partial charge in [-0.1, -0.05) is 6.92 Å². The maximum atomic E-state index is 11.3. The Bertz CT molecular complexity index is 386. The summed E-state index contributed by atoms with van der Waals surface area (Å²) in [5.74, 6) is -1.46. The zero-order chi connectivity index (χ0) is 12.1. The van der Waals surface area contributed by atoms with Gasteiger partial charge in [-0.3, -0.25) is 4.68 Å². The smallest absolute Gasteiger partial charge is 0.341 e. The molecule has 0 aliphatic carbocycles. The molecule has 6 nitrogen and oxygen atoms in total.